The van der Waals surface area contributed by atoms with Gasteiger partial charge in [0.1, 0.15) is 5.69 Å². The summed E-state index contributed by atoms with van der Waals surface area (Å²) in [5.41, 5.74) is 7.24. The molecule has 0 aliphatic rings. The maximum Gasteiger partial charge on any atom is 0.323 e. The summed E-state index contributed by atoms with van der Waals surface area (Å²) >= 11 is 0. The van der Waals surface area contributed by atoms with E-state index in [2.05, 4.69) is 32.0 Å². The molecule has 0 spiro atoms. The van der Waals surface area contributed by atoms with Gasteiger partial charge in [0.2, 0.25) is 0 Å². The Morgan fingerprint density at radius 1 is 0.971 bits per heavy atom. The van der Waals surface area contributed by atoms with Gasteiger partial charge in [0.15, 0.2) is 0 Å². The number of aromatic nitrogens is 4. The fourth-order valence-electron chi connectivity index (χ4n) is 3.89. The predicted octanol–water partition coefficient (Wildman–Crippen LogP) is 5.04. The number of nitrogens with one attached hydrogen (secondary N) is 3. The second kappa shape index (κ2) is 9.21. The van der Waals surface area contributed by atoms with Crippen LogP contribution in [0.25, 0.3) is 33.3 Å². The Kier molecular flexibility index (Phi) is 5.80. The molecular formula is C26H24N6O2. The summed E-state index contributed by atoms with van der Waals surface area (Å²) in [5.74, 6) is 0. The zero-order chi connectivity index (χ0) is 23.5. The highest BCUT2D eigenvalue weighted by molar-refractivity contribution is 6.00. The Labute approximate surface area is 196 Å². The van der Waals surface area contributed by atoms with Crippen molar-refractivity contribution in [2.24, 2.45) is 0 Å². The molecule has 2 amide bonds. The molecule has 170 valence electrons. The number of amides is 2. The summed E-state index contributed by atoms with van der Waals surface area (Å²) in [6.45, 7) is 2.47. The van der Waals surface area contributed by atoms with Crippen LogP contribution < -0.4 is 10.6 Å². The molecule has 8 nitrogen and oxygen atoms in total. The van der Waals surface area contributed by atoms with Gasteiger partial charge >= 0.3 is 6.03 Å². The lowest BCUT2D eigenvalue weighted by Gasteiger charge is -2.09. The van der Waals surface area contributed by atoms with Gasteiger partial charge in [0.25, 0.3) is 0 Å². The molecule has 0 atom stereocenters. The maximum atomic E-state index is 12.3. The van der Waals surface area contributed by atoms with Crippen molar-refractivity contribution >= 4 is 28.3 Å². The second-order valence-corrected chi connectivity index (χ2v) is 8.07. The number of carbonyl (C=O) groups is 1. The highest BCUT2D eigenvalue weighted by Gasteiger charge is 2.12. The van der Waals surface area contributed by atoms with E-state index in [1.165, 1.54) is 0 Å². The van der Waals surface area contributed by atoms with Crippen LogP contribution in [0.2, 0.25) is 0 Å². The molecule has 0 bridgehead atoms. The molecule has 0 saturated heterocycles. The van der Waals surface area contributed by atoms with Gasteiger partial charge in [-0.15, -0.1) is 0 Å². The highest BCUT2D eigenvalue weighted by atomic mass is 16.3. The summed E-state index contributed by atoms with van der Waals surface area (Å²) < 4.78 is 1.70. The first-order chi connectivity index (χ1) is 16.6. The summed E-state index contributed by atoms with van der Waals surface area (Å²) in [5, 5.41) is 27.6. The maximum absolute atomic E-state index is 12.3. The molecule has 2 aromatic heterocycles. The minimum atomic E-state index is -0.285. The highest BCUT2D eigenvalue weighted by Crippen LogP contribution is 2.30. The number of nitrogens with zero attached hydrogens (tertiary/aromatic N) is 3. The van der Waals surface area contributed by atoms with E-state index >= 15 is 0 Å². The molecule has 3 aromatic carbocycles. The largest absolute Gasteiger partial charge is 0.394 e. The number of urea groups is 1. The standard InChI is InChI=1S/C26H24N6O2/c1-17-3-2-4-22(13-17)29-26(34)28-21-8-5-18(6-9-21)19-7-10-23-24(14-19)30-31-25(23)20-15-27-32(16-20)11-12-33/h2-10,13-16,33H,11-12H2,1H3,(H,30,31)(H2,28,29,34). The van der Waals surface area contributed by atoms with Crippen molar-refractivity contribution < 1.29 is 9.90 Å². The molecule has 8 heteroatoms. The molecule has 0 unspecified atom stereocenters. The Morgan fingerprint density at radius 3 is 2.56 bits per heavy atom. The Hall–Kier alpha value is -4.43. The Balaban J connectivity index is 1.30. The van der Waals surface area contributed by atoms with Crippen molar-refractivity contribution in [3.63, 3.8) is 0 Å². The first-order valence-electron chi connectivity index (χ1n) is 11.0. The lowest BCUT2D eigenvalue weighted by molar-refractivity contribution is 0.262. The molecule has 0 saturated carbocycles. The van der Waals surface area contributed by atoms with Gasteiger partial charge in [-0.05, 0) is 60.0 Å². The van der Waals surface area contributed by atoms with Gasteiger partial charge in [-0.2, -0.15) is 10.2 Å². The minimum Gasteiger partial charge on any atom is -0.394 e. The van der Waals surface area contributed by atoms with Crippen molar-refractivity contribution in [2.45, 2.75) is 13.5 Å². The molecule has 4 N–H and O–H groups in total. The number of aromatic amines is 1. The van der Waals surface area contributed by atoms with Crippen LogP contribution in [-0.2, 0) is 6.54 Å². The van der Waals surface area contributed by atoms with Crippen LogP contribution in [0.3, 0.4) is 0 Å². The second-order valence-electron chi connectivity index (χ2n) is 8.07. The summed E-state index contributed by atoms with van der Waals surface area (Å²) in [6.07, 6.45) is 3.63. The molecular weight excluding hydrogens is 428 g/mol. The molecule has 0 radical (unpaired) electrons. The zero-order valence-electron chi connectivity index (χ0n) is 18.6. The van der Waals surface area contributed by atoms with Gasteiger partial charge in [-0.25, -0.2) is 4.79 Å². The number of carbonyl (C=O) groups excluding carboxylic acids is 1. The average Bonchev–Trinajstić information content (AvgIpc) is 3.46. The smallest absolute Gasteiger partial charge is 0.323 e. The minimum absolute atomic E-state index is 0.0392. The van der Waals surface area contributed by atoms with E-state index in [-0.39, 0.29) is 12.6 Å². The number of fused-ring (bicyclic) bond motifs is 1. The van der Waals surface area contributed by atoms with Crippen molar-refractivity contribution in [3.05, 3.63) is 84.7 Å². The van der Waals surface area contributed by atoms with Gasteiger partial charge in [-0.3, -0.25) is 9.78 Å². The van der Waals surface area contributed by atoms with Crippen molar-refractivity contribution in [1.29, 1.82) is 0 Å². The molecule has 5 rings (SSSR count). The first-order valence-corrected chi connectivity index (χ1v) is 11.0. The van der Waals surface area contributed by atoms with Crippen molar-refractivity contribution in [3.8, 4) is 22.4 Å². The van der Waals surface area contributed by atoms with Gasteiger partial charge < -0.3 is 15.7 Å². The molecule has 0 aliphatic heterocycles. The van der Waals surface area contributed by atoms with Crippen molar-refractivity contribution in [2.75, 3.05) is 17.2 Å². The first kappa shape index (κ1) is 21.4. The van der Waals surface area contributed by atoms with Crippen LogP contribution in [-0.4, -0.2) is 37.7 Å². The van der Waals surface area contributed by atoms with E-state index in [4.69, 9.17) is 5.11 Å². The Morgan fingerprint density at radius 2 is 1.76 bits per heavy atom. The molecule has 0 aliphatic carbocycles. The predicted molar refractivity (Wildman–Crippen MR) is 134 cm³/mol. The van der Waals surface area contributed by atoms with Crippen LogP contribution in [0.15, 0.2) is 79.1 Å². The number of aryl methyl sites for hydroxylation is 1. The SMILES string of the molecule is Cc1cccc(NC(=O)Nc2ccc(-c3ccc4c(-c5cnn(CCO)c5)n[nH]c4c3)cc2)c1. The monoisotopic (exact) mass is 452 g/mol. The number of H-pyrrole nitrogens is 1. The number of benzene rings is 3. The van der Waals surface area contributed by atoms with E-state index in [9.17, 15) is 4.79 Å². The van der Waals surface area contributed by atoms with Crippen LogP contribution in [0.5, 0.6) is 0 Å². The number of hydrogen-bond donors (Lipinski definition) is 4. The lowest BCUT2D eigenvalue weighted by Crippen LogP contribution is -2.19. The number of rotatable bonds is 6. The average molecular weight is 453 g/mol. The van der Waals surface area contributed by atoms with Crippen LogP contribution in [0, 0.1) is 6.92 Å². The van der Waals surface area contributed by atoms with Crippen molar-refractivity contribution in [1.82, 2.24) is 20.0 Å². The van der Waals surface area contributed by atoms with E-state index in [1.54, 1.807) is 10.9 Å². The molecule has 34 heavy (non-hydrogen) atoms. The number of hydrogen-bond acceptors (Lipinski definition) is 4. The third-order valence-electron chi connectivity index (χ3n) is 5.55. The van der Waals surface area contributed by atoms with E-state index < -0.39 is 0 Å². The summed E-state index contributed by atoms with van der Waals surface area (Å²) in [4.78, 5) is 12.3. The van der Waals surface area contributed by atoms with Crippen LogP contribution in [0.1, 0.15) is 5.56 Å². The summed E-state index contributed by atoms with van der Waals surface area (Å²) in [6, 6.07) is 21.2. The zero-order valence-corrected chi connectivity index (χ0v) is 18.6. The Bertz CT molecular complexity index is 1450. The quantitative estimate of drug-likeness (QED) is 0.289. The fraction of sp³-hybridized carbons (Fsp3) is 0.115. The lowest BCUT2D eigenvalue weighted by atomic mass is 10.0. The number of anilines is 2. The third-order valence-corrected chi connectivity index (χ3v) is 5.55. The topological polar surface area (TPSA) is 108 Å². The molecule has 0 fully saturated rings. The van der Waals surface area contributed by atoms with E-state index in [1.807, 2.05) is 73.8 Å². The van der Waals surface area contributed by atoms with Gasteiger partial charge in [0.05, 0.1) is 24.9 Å². The number of aliphatic hydroxyl groups excluding tert-OH is 1. The van der Waals surface area contributed by atoms with Gasteiger partial charge in [-0.1, -0.05) is 30.3 Å². The van der Waals surface area contributed by atoms with Crippen LogP contribution >= 0.6 is 0 Å². The van der Waals surface area contributed by atoms with Gasteiger partial charge in [0, 0.05) is 28.5 Å². The van der Waals surface area contributed by atoms with E-state index in [0.29, 0.717) is 12.2 Å². The fourth-order valence-corrected chi connectivity index (χ4v) is 3.89. The number of aliphatic hydroxyl groups is 1. The van der Waals surface area contributed by atoms with E-state index in [0.717, 1.165) is 44.5 Å². The molecule has 5 aromatic rings. The third kappa shape index (κ3) is 4.53. The normalized spacial score (nSPS) is 11.0. The summed E-state index contributed by atoms with van der Waals surface area (Å²) in [7, 11) is 0. The molecule has 2 heterocycles. The van der Waals surface area contributed by atoms with Crippen LogP contribution in [0.4, 0.5) is 16.2 Å².